The monoisotopic (exact) mass is 396 g/mol. The minimum absolute atomic E-state index is 0.837. The minimum atomic E-state index is 0.837. The van der Waals surface area contributed by atoms with Gasteiger partial charge in [0.05, 0.1) is 0 Å². The summed E-state index contributed by atoms with van der Waals surface area (Å²) in [6.07, 6.45) is 24.2. The van der Waals surface area contributed by atoms with Gasteiger partial charge in [0.1, 0.15) is 0 Å². The van der Waals surface area contributed by atoms with Crippen molar-refractivity contribution in [1.29, 1.82) is 0 Å². The fraction of sp³-hybridized carbons (Fsp3) is 1.00. The van der Waals surface area contributed by atoms with Crippen molar-refractivity contribution in [3.63, 3.8) is 0 Å². The maximum absolute atomic E-state index is 3.90. The molecule has 3 saturated carbocycles. The van der Waals surface area contributed by atoms with Crippen molar-refractivity contribution < 1.29 is 0 Å². The van der Waals surface area contributed by atoms with Crippen LogP contribution in [0.3, 0.4) is 0 Å². The number of unbranched alkanes of at least 4 members (excludes halogenated alkanes) is 6. The van der Waals surface area contributed by atoms with Crippen LogP contribution in [-0.4, -0.2) is 4.83 Å². The normalized spacial score (nSPS) is 39.2. The van der Waals surface area contributed by atoms with Crippen LogP contribution in [0.25, 0.3) is 0 Å². The SMILES string of the molecule is CCCCCCCCC[C@H]1CCC2C(CCC3C[C@@H](Br)CCC32)C1. The van der Waals surface area contributed by atoms with Gasteiger partial charge >= 0.3 is 0 Å². The Bertz CT molecular complexity index is 352. The van der Waals surface area contributed by atoms with Gasteiger partial charge in [-0.25, -0.2) is 0 Å². The highest BCUT2D eigenvalue weighted by atomic mass is 79.9. The van der Waals surface area contributed by atoms with E-state index < -0.39 is 0 Å². The molecule has 3 aliphatic rings. The van der Waals surface area contributed by atoms with E-state index in [4.69, 9.17) is 0 Å². The van der Waals surface area contributed by atoms with Gasteiger partial charge in [0.2, 0.25) is 0 Å². The van der Waals surface area contributed by atoms with E-state index in [1.165, 1.54) is 64.2 Å². The van der Waals surface area contributed by atoms with E-state index in [0.29, 0.717) is 0 Å². The zero-order valence-corrected chi connectivity index (χ0v) is 17.7. The molecule has 6 atom stereocenters. The van der Waals surface area contributed by atoms with E-state index in [9.17, 15) is 0 Å². The molecular weight excluding hydrogens is 356 g/mol. The molecule has 0 aromatic carbocycles. The molecule has 0 aliphatic heterocycles. The Balaban J connectivity index is 1.34. The summed E-state index contributed by atoms with van der Waals surface area (Å²) >= 11 is 3.90. The Kier molecular flexibility index (Phi) is 8.00. The molecule has 0 bridgehead atoms. The van der Waals surface area contributed by atoms with E-state index >= 15 is 0 Å². The van der Waals surface area contributed by atoms with Gasteiger partial charge in [-0.2, -0.15) is 0 Å². The highest BCUT2D eigenvalue weighted by molar-refractivity contribution is 9.09. The van der Waals surface area contributed by atoms with Crippen molar-refractivity contribution >= 4 is 15.9 Å². The van der Waals surface area contributed by atoms with Gasteiger partial charge in [0, 0.05) is 4.83 Å². The van der Waals surface area contributed by atoms with Crippen LogP contribution in [0.2, 0.25) is 0 Å². The highest BCUT2D eigenvalue weighted by Gasteiger charge is 2.43. The Labute approximate surface area is 160 Å². The summed E-state index contributed by atoms with van der Waals surface area (Å²) in [5.41, 5.74) is 0. The predicted octanol–water partition coefficient (Wildman–Crippen LogP) is 8.13. The van der Waals surface area contributed by atoms with Crippen LogP contribution in [0.5, 0.6) is 0 Å². The van der Waals surface area contributed by atoms with Gasteiger partial charge in [0.15, 0.2) is 0 Å². The van der Waals surface area contributed by atoms with Crippen molar-refractivity contribution in [2.75, 3.05) is 0 Å². The average molecular weight is 397 g/mol. The van der Waals surface area contributed by atoms with Gasteiger partial charge in [-0.05, 0) is 74.5 Å². The zero-order chi connectivity index (χ0) is 16.8. The zero-order valence-electron chi connectivity index (χ0n) is 16.2. The van der Waals surface area contributed by atoms with E-state index in [1.54, 1.807) is 38.5 Å². The van der Waals surface area contributed by atoms with Gasteiger partial charge in [-0.15, -0.1) is 0 Å². The highest BCUT2D eigenvalue weighted by Crippen LogP contribution is 2.53. The van der Waals surface area contributed by atoms with Gasteiger partial charge in [-0.1, -0.05) is 80.6 Å². The molecule has 3 fully saturated rings. The lowest BCUT2D eigenvalue weighted by molar-refractivity contribution is 0.0119. The van der Waals surface area contributed by atoms with Crippen molar-refractivity contribution in [1.82, 2.24) is 0 Å². The molecule has 4 unspecified atom stereocenters. The van der Waals surface area contributed by atoms with Crippen LogP contribution in [0.1, 0.15) is 110 Å². The quantitative estimate of drug-likeness (QED) is 0.286. The number of rotatable bonds is 8. The average Bonchev–Trinajstić information content (AvgIpc) is 2.60. The van der Waals surface area contributed by atoms with Crippen molar-refractivity contribution in [2.45, 2.75) is 114 Å². The first-order valence-corrected chi connectivity index (χ1v) is 12.3. The molecule has 0 aromatic heterocycles. The second-order valence-corrected chi connectivity index (χ2v) is 10.7. The van der Waals surface area contributed by atoms with E-state index in [-0.39, 0.29) is 0 Å². The Morgan fingerprint density at radius 2 is 1.29 bits per heavy atom. The lowest BCUT2D eigenvalue weighted by Gasteiger charge is -2.50. The second kappa shape index (κ2) is 9.98. The summed E-state index contributed by atoms with van der Waals surface area (Å²) in [5, 5.41) is 0. The summed E-state index contributed by atoms with van der Waals surface area (Å²) < 4.78 is 0. The third kappa shape index (κ3) is 5.24. The van der Waals surface area contributed by atoms with E-state index in [2.05, 4.69) is 22.9 Å². The fourth-order valence-electron chi connectivity index (χ4n) is 6.49. The molecule has 0 amide bonds. The molecule has 0 nitrogen and oxygen atoms in total. The third-order valence-electron chi connectivity index (χ3n) is 7.80. The molecule has 0 N–H and O–H groups in total. The minimum Gasteiger partial charge on any atom is -0.0891 e. The standard InChI is InChI=1S/C23H41Br/c1-2-3-4-5-6-7-8-9-18-10-14-22-19(16-18)11-12-20-17-21(24)13-15-23(20)22/h18-23H,2-17H2,1H3/t18-,19?,20?,21-,22?,23?/m0/s1. The maximum atomic E-state index is 3.90. The number of hydrogen-bond donors (Lipinski definition) is 0. The molecule has 1 heteroatoms. The van der Waals surface area contributed by atoms with Crippen molar-refractivity contribution in [3.05, 3.63) is 0 Å². The van der Waals surface area contributed by atoms with Crippen LogP contribution < -0.4 is 0 Å². The summed E-state index contributed by atoms with van der Waals surface area (Å²) in [7, 11) is 0. The predicted molar refractivity (Wildman–Crippen MR) is 110 cm³/mol. The molecule has 0 heterocycles. The smallest absolute Gasteiger partial charge is 0.0148 e. The van der Waals surface area contributed by atoms with Crippen LogP contribution in [0.15, 0.2) is 0 Å². The molecule has 3 rings (SSSR count). The first-order valence-electron chi connectivity index (χ1n) is 11.4. The molecule has 3 aliphatic carbocycles. The lowest BCUT2D eigenvalue weighted by Crippen LogP contribution is -2.41. The van der Waals surface area contributed by atoms with E-state index in [0.717, 1.165) is 34.4 Å². The molecule has 140 valence electrons. The topological polar surface area (TPSA) is 0 Å². The lowest BCUT2D eigenvalue weighted by atomic mass is 9.56. The van der Waals surface area contributed by atoms with Gasteiger partial charge < -0.3 is 0 Å². The number of fused-ring (bicyclic) bond motifs is 3. The largest absolute Gasteiger partial charge is 0.0891 e. The molecule has 0 spiro atoms. The first kappa shape index (κ1) is 19.2. The molecule has 0 saturated heterocycles. The Morgan fingerprint density at radius 3 is 2.04 bits per heavy atom. The maximum Gasteiger partial charge on any atom is 0.0148 e. The van der Waals surface area contributed by atoms with E-state index in [1.807, 2.05) is 0 Å². The van der Waals surface area contributed by atoms with Crippen molar-refractivity contribution in [2.24, 2.45) is 29.6 Å². The van der Waals surface area contributed by atoms with Gasteiger partial charge in [-0.3, -0.25) is 0 Å². The molecule has 0 radical (unpaired) electrons. The number of halogens is 1. The van der Waals surface area contributed by atoms with Crippen LogP contribution in [-0.2, 0) is 0 Å². The summed E-state index contributed by atoms with van der Waals surface area (Å²) in [6.45, 7) is 2.31. The van der Waals surface area contributed by atoms with Gasteiger partial charge in [0.25, 0.3) is 0 Å². The number of hydrogen-bond acceptors (Lipinski definition) is 0. The van der Waals surface area contributed by atoms with Crippen molar-refractivity contribution in [3.8, 4) is 0 Å². The Hall–Kier alpha value is 0.480. The molecule has 24 heavy (non-hydrogen) atoms. The Morgan fingerprint density at radius 1 is 0.667 bits per heavy atom. The summed E-state index contributed by atoms with van der Waals surface area (Å²) in [4.78, 5) is 0.837. The third-order valence-corrected chi connectivity index (χ3v) is 8.63. The van der Waals surface area contributed by atoms with Crippen LogP contribution in [0, 0.1) is 29.6 Å². The second-order valence-electron chi connectivity index (χ2n) is 9.42. The van der Waals surface area contributed by atoms with Crippen LogP contribution in [0.4, 0.5) is 0 Å². The number of alkyl halides is 1. The summed E-state index contributed by atoms with van der Waals surface area (Å²) in [6, 6.07) is 0. The fourth-order valence-corrected chi connectivity index (χ4v) is 7.23. The summed E-state index contributed by atoms with van der Waals surface area (Å²) in [5.74, 6) is 5.50. The van der Waals surface area contributed by atoms with Crippen LogP contribution >= 0.6 is 15.9 Å². The molecule has 0 aromatic rings. The molecular formula is C23H41Br. The first-order chi connectivity index (χ1) is 11.8.